The molecule has 0 bridgehead atoms. The lowest BCUT2D eigenvalue weighted by molar-refractivity contribution is 0.549. The molecule has 8 heteroatoms. The third kappa shape index (κ3) is 2.76. The Morgan fingerprint density at radius 2 is 1.71 bits per heavy atom. The molecule has 3 heterocycles. The van der Waals surface area contributed by atoms with Crippen LogP contribution in [0.1, 0.15) is 26.3 Å². The Morgan fingerprint density at radius 1 is 1.04 bits per heavy atom. The minimum Gasteiger partial charge on any atom is -0.297 e. The average molecular weight is 380 g/mol. The number of fused-ring (bicyclic) bond motifs is 3. The first-order chi connectivity index (χ1) is 13.2. The quantitative estimate of drug-likeness (QED) is 0.680. The summed E-state index contributed by atoms with van der Waals surface area (Å²) in [4.78, 5) is 29.9. The van der Waals surface area contributed by atoms with Gasteiger partial charge in [-0.2, -0.15) is 10.1 Å². The van der Waals surface area contributed by atoms with Crippen LogP contribution in [-0.2, 0) is 27.2 Å². The molecule has 0 amide bonds. The predicted octanol–water partition coefficient (Wildman–Crippen LogP) is 1.86. The van der Waals surface area contributed by atoms with E-state index < -0.39 is 0 Å². The lowest BCUT2D eigenvalue weighted by Crippen LogP contribution is -2.39. The van der Waals surface area contributed by atoms with Crippen molar-refractivity contribution < 1.29 is 0 Å². The van der Waals surface area contributed by atoms with Crippen molar-refractivity contribution in [1.29, 1.82) is 0 Å². The Labute approximate surface area is 162 Å². The van der Waals surface area contributed by atoms with Crippen LogP contribution in [0.15, 0.2) is 45.0 Å². The molecule has 8 nitrogen and oxygen atoms in total. The van der Waals surface area contributed by atoms with Gasteiger partial charge < -0.3 is 0 Å². The summed E-state index contributed by atoms with van der Waals surface area (Å²) in [7, 11) is 3.13. The molecule has 0 fully saturated rings. The highest BCUT2D eigenvalue weighted by atomic mass is 16.2. The number of hydrogen-bond donors (Lipinski definition) is 0. The van der Waals surface area contributed by atoms with Crippen LogP contribution < -0.4 is 16.3 Å². The van der Waals surface area contributed by atoms with Crippen LogP contribution in [0.4, 0.5) is 5.95 Å². The molecule has 0 unspecified atom stereocenters. The van der Waals surface area contributed by atoms with Crippen LogP contribution in [0.5, 0.6) is 0 Å². The van der Waals surface area contributed by atoms with Gasteiger partial charge in [0.25, 0.3) is 5.56 Å². The first kappa shape index (κ1) is 18.2. The largest absolute Gasteiger partial charge is 0.332 e. The molecule has 0 saturated carbocycles. The molecule has 28 heavy (non-hydrogen) atoms. The standard InChI is InChI=1S/C20H24N6O2/c1-20(2,3)14-12-25-15-16(23(4)19(28)24(5)17(15)27)21-18(25)26(22-14)11-13-9-7-6-8-10-13/h6-10H,11-12H2,1-5H3. The average Bonchev–Trinajstić information content (AvgIpc) is 3.05. The number of imidazole rings is 1. The van der Waals surface area contributed by atoms with Gasteiger partial charge in [-0.1, -0.05) is 51.1 Å². The van der Waals surface area contributed by atoms with Gasteiger partial charge >= 0.3 is 5.69 Å². The number of hydrogen-bond acceptors (Lipinski definition) is 5. The van der Waals surface area contributed by atoms with E-state index in [4.69, 9.17) is 5.10 Å². The Bertz CT molecular complexity index is 1210. The Kier molecular flexibility index (Phi) is 4.02. The van der Waals surface area contributed by atoms with Gasteiger partial charge in [-0.25, -0.2) is 9.80 Å². The fourth-order valence-electron chi connectivity index (χ4n) is 3.40. The van der Waals surface area contributed by atoms with Crippen molar-refractivity contribution in [3.63, 3.8) is 0 Å². The number of aromatic nitrogens is 4. The van der Waals surface area contributed by atoms with Crippen molar-refractivity contribution in [3.8, 4) is 0 Å². The van der Waals surface area contributed by atoms with Crippen molar-refractivity contribution in [2.45, 2.75) is 33.9 Å². The van der Waals surface area contributed by atoms with Crippen LogP contribution in [-0.4, -0.2) is 24.4 Å². The van der Waals surface area contributed by atoms with Crippen LogP contribution in [0.3, 0.4) is 0 Å². The number of rotatable bonds is 2. The molecule has 1 aliphatic rings. The molecule has 3 aromatic rings. The van der Waals surface area contributed by atoms with E-state index in [-0.39, 0.29) is 16.7 Å². The van der Waals surface area contributed by atoms with Crippen molar-refractivity contribution in [3.05, 3.63) is 56.7 Å². The summed E-state index contributed by atoms with van der Waals surface area (Å²) in [5, 5.41) is 6.68. The molecule has 1 aromatic carbocycles. The molecular formula is C20H24N6O2. The van der Waals surface area contributed by atoms with Crippen molar-refractivity contribution in [2.24, 2.45) is 24.6 Å². The van der Waals surface area contributed by atoms with Gasteiger partial charge in [-0.05, 0) is 5.56 Å². The van der Waals surface area contributed by atoms with Gasteiger partial charge in [0.15, 0.2) is 11.2 Å². The SMILES string of the molecule is Cn1c(=O)c2c(nc3n2CC(C(C)(C)C)=NN3Cc2ccccc2)n(C)c1=O. The number of anilines is 1. The molecule has 0 atom stereocenters. The third-order valence-corrected chi connectivity index (χ3v) is 5.15. The highest BCUT2D eigenvalue weighted by Crippen LogP contribution is 2.29. The minimum absolute atomic E-state index is 0.172. The summed E-state index contributed by atoms with van der Waals surface area (Å²) in [5.41, 5.74) is 1.94. The normalized spacial score (nSPS) is 14.3. The van der Waals surface area contributed by atoms with Crippen LogP contribution in [0.25, 0.3) is 11.2 Å². The first-order valence-corrected chi connectivity index (χ1v) is 9.24. The summed E-state index contributed by atoms with van der Waals surface area (Å²) in [6.07, 6.45) is 0. The van der Waals surface area contributed by atoms with Crippen molar-refractivity contribution in [2.75, 3.05) is 5.01 Å². The van der Waals surface area contributed by atoms with Crippen LogP contribution in [0.2, 0.25) is 0 Å². The molecule has 0 saturated heterocycles. The second kappa shape index (κ2) is 6.19. The van der Waals surface area contributed by atoms with E-state index in [9.17, 15) is 9.59 Å². The monoisotopic (exact) mass is 380 g/mol. The summed E-state index contributed by atoms with van der Waals surface area (Å²) in [6, 6.07) is 10.00. The fraction of sp³-hybridized carbons (Fsp3) is 0.400. The molecule has 4 rings (SSSR count). The van der Waals surface area contributed by atoms with Crippen molar-refractivity contribution in [1.82, 2.24) is 18.7 Å². The second-order valence-electron chi connectivity index (χ2n) is 8.22. The van der Waals surface area contributed by atoms with E-state index in [1.807, 2.05) is 39.9 Å². The zero-order valence-electron chi connectivity index (χ0n) is 16.8. The third-order valence-electron chi connectivity index (χ3n) is 5.15. The van der Waals surface area contributed by atoms with Gasteiger partial charge in [-0.3, -0.25) is 18.5 Å². The van der Waals surface area contributed by atoms with Gasteiger partial charge in [-0.15, -0.1) is 0 Å². The Morgan fingerprint density at radius 3 is 2.36 bits per heavy atom. The molecule has 0 aliphatic carbocycles. The molecule has 0 N–H and O–H groups in total. The number of hydrazone groups is 1. The minimum atomic E-state index is -0.389. The van der Waals surface area contributed by atoms with Gasteiger partial charge in [0.2, 0.25) is 5.95 Å². The van der Waals surface area contributed by atoms with E-state index >= 15 is 0 Å². The van der Waals surface area contributed by atoms with Gasteiger partial charge in [0, 0.05) is 19.5 Å². The molecule has 2 aromatic heterocycles. The second-order valence-corrected chi connectivity index (χ2v) is 8.22. The topological polar surface area (TPSA) is 77.4 Å². The molecular weight excluding hydrogens is 356 g/mol. The number of aryl methyl sites for hydroxylation is 1. The van der Waals surface area contributed by atoms with E-state index in [1.54, 1.807) is 7.05 Å². The first-order valence-electron chi connectivity index (χ1n) is 9.24. The Hall–Kier alpha value is -3.16. The molecule has 146 valence electrons. The Balaban J connectivity index is 1.97. The lowest BCUT2D eigenvalue weighted by Gasteiger charge is -2.31. The molecule has 1 aliphatic heterocycles. The van der Waals surface area contributed by atoms with Crippen LogP contribution in [0, 0.1) is 5.41 Å². The lowest BCUT2D eigenvalue weighted by atomic mass is 9.89. The van der Waals surface area contributed by atoms with E-state index in [0.29, 0.717) is 30.2 Å². The summed E-state index contributed by atoms with van der Waals surface area (Å²) in [6.45, 7) is 7.30. The van der Waals surface area contributed by atoms with Crippen LogP contribution >= 0.6 is 0 Å². The molecule has 0 spiro atoms. The fourth-order valence-corrected chi connectivity index (χ4v) is 3.40. The van der Waals surface area contributed by atoms with Crippen molar-refractivity contribution >= 4 is 22.8 Å². The maximum atomic E-state index is 12.9. The predicted molar refractivity (Wildman–Crippen MR) is 110 cm³/mol. The summed E-state index contributed by atoms with van der Waals surface area (Å²) >= 11 is 0. The maximum absolute atomic E-state index is 12.9. The van der Waals surface area contributed by atoms with Gasteiger partial charge in [0.05, 0.1) is 18.8 Å². The highest BCUT2D eigenvalue weighted by Gasteiger charge is 2.31. The summed E-state index contributed by atoms with van der Waals surface area (Å²) in [5.74, 6) is 0.574. The molecule has 0 radical (unpaired) electrons. The van der Waals surface area contributed by atoms with E-state index in [1.165, 1.54) is 11.6 Å². The zero-order valence-corrected chi connectivity index (χ0v) is 16.8. The van der Waals surface area contributed by atoms with E-state index in [2.05, 4.69) is 25.8 Å². The number of benzene rings is 1. The van der Waals surface area contributed by atoms with E-state index in [0.717, 1.165) is 15.8 Å². The number of nitrogens with zero attached hydrogens (tertiary/aromatic N) is 6. The zero-order chi connectivity index (χ0) is 20.2. The highest BCUT2D eigenvalue weighted by molar-refractivity contribution is 5.93. The smallest absolute Gasteiger partial charge is 0.297 e. The van der Waals surface area contributed by atoms with Gasteiger partial charge in [0.1, 0.15) is 0 Å². The summed E-state index contributed by atoms with van der Waals surface area (Å²) < 4.78 is 4.43. The maximum Gasteiger partial charge on any atom is 0.332 e.